The van der Waals surface area contributed by atoms with Gasteiger partial charge in [0.25, 0.3) is 0 Å². The average Bonchev–Trinajstić information content (AvgIpc) is 2.69. The normalized spacial score (nSPS) is 11.6. The first kappa shape index (κ1) is 20.0. The Morgan fingerprint density at radius 2 is 1.63 bits per heavy atom. The first-order valence-corrected chi connectivity index (χ1v) is 10.5. The maximum absolute atomic E-state index is 6.27. The molecule has 0 saturated heterocycles. The molecule has 3 aromatic rings. The van der Waals surface area contributed by atoms with Gasteiger partial charge >= 0.3 is 0 Å². The second-order valence-electron chi connectivity index (χ2n) is 6.09. The van der Waals surface area contributed by atoms with Crippen LogP contribution in [0.5, 0.6) is 0 Å². The van der Waals surface area contributed by atoms with E-state index >= 15 is 0 Å². The highest BCUT2D eigenvalue weighted by Crippen LogP contribution is 2.30. The average molecular weight is 414 g/mol. The number of halogens is 2. The van der Waals surface area contributed by atoms with Crippen molar-refractivity contribution in [2.45, 2.75) is 10.6 Å². The van der Waals surface area contributed by atoms with E-state index in [4.69, 9.17) is 23.2 Å². The van der Waals surface area contributed by atoms with Gasteiger partial charge in [-0.15, -0.1) is 11.8 Å². The molecule has 0 fully saturated rings. The summed E-state index contributed by atoms with van der Waals surface area (Å²) < 4.78 is 0. The van der Waals surface area contributed by atoms with Crippen LogP contribution in [0.15, 0.2) is 83.8 Å². The summed E-state index contributed by atoms with van der Waals surface area (Å²) in [5, 5.41) is 4.58. The molecule has 0 amide bonds. The Hall–Kier alpha value is -1.71. The monoisotopic (exact) mass is 413 g/mol. The summed E-state index contributed by atoms with van der Waals surface area (Å²) in [4.78, 5) is 1.21. The molecule has 0 heterocycles. The maximum atomic E-state index is 6.27. The van der Waals surface area contributed by atoms with E-state index in [1.54, 1.807) is 17.8 Å². The zero-order chi connectivity index (χ0) is 19.1. The van der Waals surface area contributed by atoms with Crippen molar-refractivity contribution < 1.29 is 0 Å². The molecule has 0 atom stereocenters. The van der Waals surface area contributed by atoms with E-state index in [-0.39, 0.29) is 0 Å². The van der Waals surface area contributed by atoms with Crippen LogP contribution >= 0.6 is 35.0 Å². The summed E-state index contributed by atoms with van der Waals surface area (Å²) in [6.45, 7) is 0.829. The second kappa shape index (κ2) is 10.0. The maximum Gasteiger partial charge on any atom is 0.0461 e. The first-order valence-electron chi connectivity index (χ1n) is 8.74. The summed E-state index contributed by atoms with van der Waals surface area (Å²) in [5.41, 5.74) is 4.77. The molecule has 0 spiro atoms. The SMILES string of the molecule is CNCC=C(c1ccccc1)c1ccc(SCc2ccc(Cl)cc2Cl)cc1. The molecule has 138 valence electrons. The molecule has 0 aromatic heterocycles. The molecule has 0 saturated carbocycles. The van der Waals surface area contributed by atoms with Crippen LogP contribution in [0.4, 0.5) is 0 Å². The van der Waals surface area contributed by atoms with Gasteiger partial charge in [0.1, 0.15) is 0 Å². The van der Waals surface area contributed by atoms with Gasteiger partial charge in [-0.1, -0.05) is 77.8 Å². The molecule has 0 aliphatic carbocycles. The van der Waals surface area contributed by atoms with Gasteiger partial charge in [-0.3, -0.25) is 0 Å². The van der Waals surface area contributed by atoms with Crippen molar-refractivity contribution in [3.8, 4) is 0 Å². The highest BCUT2D eigenvalue weighted by Gasteiger charge is 2.06. The number of likely N-dealkylation sites (N-methyl/N-ethyl adjacent to an activating group) is 1. The van der Waals surface area contributed by atoms with Crippen LogP contribution in [0.2, 0.25) is 10.0 Å². The molecule has 1 N–H and O–H groups in total. The minimum Gasteiger partial charge on any atom is -0.316 e. The molecule has 4 heteroatoms. The van der Waals surface area contributed by atoms with Crippen molar-refractivity contribution in [2.24, 2.45) is 0 Å². The fraction of sp³-hybridized carbons (Fsp3) is 0.130. The minimum absolute atomic E-state index is 0.667. The number of hydrogen-bond donors (Lipinski definition) is 1. The van der Waals surface area contributed by atoms with Crippen molar-refractivity contribution in [3.63, 3.8) is 0 Å². The zero-order valence-electron chi connectivity index (χ0n) is 15.1. The Morgan fingerprint density at radius 1 is 0.926 bits per heavy atom. The smallest absolute Gasteiger partial charge is 0.0461 e. The minimum atomic E-state index is 0.667. The molecular weight excluding hydrogens is 393 g/mol. The summed E-state index contributed by atoms with van der Waals surface area (Å²) in [7, 11) is 1.96. The van der Waals surface area contributed by atoms with Gasteiger partial charge in [0, 0.05) is 27.2 Å². The highest BCUT2D eigenvalue weighted by molar-refractivity contribution is 7.98. The van der Waals surface area contributed by atoms with Crippen molar-refractivity contribution in [1.82, 2.24) is 5.32 Å². The molecule has 27 heavy (non-hydrogen) atoms. The van der Waals surface area contributed by atoms with Crippen LogP contribution in [-0.2, 0) is 5.75 Å². The van der Waals surface area contributed by atoms with E-state index in [1.165, 1.54) is 21.6 Å². The van der Waals surface area contributed by atoms with Gasteiger partial charge < -0.3 is 5.32 Å². The third kappa shape index (κ3) is 5.63. The number of thioether (sulfide) groups is 1. The fourth-order valence-electron chi connectivity index (χ4n) is 2.75. The van der Waals surface area contributed by atoms with Gasteiger partial charge in [0.05, 0.1) is 0 Å². The quantitative estimate of drug-likeness (QED) is 0.421. The summed E-state index contributed by atoms with van der Waals surface area (Å²) in [5.74, 6) is 0.816. The number of hydrogen-bond acceptors (Lipinski definition) is 2. The van der Waals surface area contributed by atoms with E-state index in [1.807, 2.05) is 25.2 Å². The van der Waals surface area contributed by atoms with Crippen LogP contribution in [-0.4, -0.2) is 13.6 Å². The number of rotatable bonds is 7. The Morgan fingerprint density at radius 3 is 2.30 bits per heavy atom. The Kier molecular flexibility index (Phi) is 7.42. The van der Waals surface area contributed by atoms with Gasteiger partial charge in [0.15, 0.2) is 0 Å². The zero-order valence-corrected chi connectivity index (χ0v) is 17.4. The van der Waals surface area contributed by atoms with Gasteiger partial charge in [0.2, 0.25) is 0 Å². The molecule has 3 rings (SSSR count). The van der Waals surface area contributed by atoms with Gasteiger partial charge in [-0.05, 0) is 53.6 Å². The number of benzene rings is 3. The van der Waals surface area contributed by atoms with Crippen molar-refractivity contribution in [2.75, 3.05) is 13.6 Å². The lowest BCUT2D eigenvalue weighted by Crippen LogP contribution is -2.05. The van der Waals surface area contributed by atoms with E-state index in [0.717, 1.165) is 17.9 Å². The van der Waals surface area contributed by atoms with E-state index in [9.17, 15) is 0 Å². The third-order valence-electron chi connectivity index (χ3n) is 4.17. The van der Waals surface area contributed by atoms with Crippen LogP contribution in [0.3, 0.4) is 0 Å². The van der Waals surface area contributed by atoms with E-state index < -0.39 is 0 Å². The van der Waals surface area contributed by atoms with Crippen LogP contribution in [0.1, 0.15) is 16.7 Å². The molecule has 0 aliphatic heterocycles. The first-order chi connectivity index (χ1) is 13.2. The largest absolute Gasteiger partial charge is 0.316 e. The topological polar surface area (TPSA) is 12.0 Å². The Balaban J connectivity index is 1.75. The van der Waals surface area contributed by atoms with Crippen molar-refractivity contribution in [1.29, 1.82) is 0 Å². The number of nitrogens with one attached hydrogen (secondary N) is 1. The fourth-order valence-corrected chi connectivity index (χ4v) is 4.21. The van der Waals surface area contributed by atoms with Gasteiger partial charge in [-0.2, -0.15) is 0 Å². The van der Waals surface area contributed by atoms with E-state index in [2.05, 4.69) is 59.9 Å². The van der Waals surface area contributed by atoms with E-state index in [0.29, 0.717) is 10.0 Å². The predicted octanol–water partition coefficient (Wildman–Crippen LogP) is 6.94. The molecule has 0 aliphatic rings. The Bertz CT molecular complexity index is 905. The molecular formula is C23H21Cl2NS. The summed E-state index contributed by atoms with van der Waals surface area (Å²) in [6.07, 6.45) is 2.23. The molecule has 3 aromatic carbocycles. The predicted molar refractivity (Wildman–Crippen MR) is 120 cm³/mol. The van der Waals surface area contributed by atoms with Crippen molar-refractivity contribution >= 4 is 40.5 Å². The molecule has 0 unspecified atom stereocenters. The molecule has 0 radical (unpaired) electrons. The Labute approximate surface area is 175 Å². The lowest BCUT2D eigenvalue weighted by Gasteiger charge is -2.10. The second-order valence-corrected chi connectivity index (χ2v) is 7.98. The van der Waals surface area contributed by atoms with Crippen molar-refractivity contribution in [3.05, 3.63) is 106 Å². The van der Waals surface area contributed by atoms with Crippen LogP contribution in [0.25, 0.3) is 5.57 Å². The molecule has 0 bridgehead atoms. The van der Waals surface area contributed by atoms with Gasteiger partial charge in [-0.25, -0.2) is 0 Å². The lowest BCUT2D eigenvalue weighted by molar-refractivity contribution is 0.920. The van der Waals surface area contributed by atoms with Crippen LogP contribution in [0, 0.1) is 0 Å². The summed E-state index contributed by atoms with van der Waals surface area (Å²) >= 11 is 14.0. The highest BCUT2D eigenvalue weighted by atomic mass is 35.5. The standard InChI is InChI=1S/C23H21Cl2NS/c1-26-14-13-22(17-5-3-2-4-6-17)18-8-11-21(12-9-18)27-16-19-7-10-20(24)15-23(19)25/h2-13,15,26H,14,16H2,1H3. The van der Waals surface area contributed by atoms with Crippen LogP contribution < -0.4 is 5.32 Å². The molecule has 1 nitrogen and oxygen atoms in total. The third-order valence-corrected chi connectivity index (χ3v) is 5.82. The summed E-state index contributed by atoms with van der Waals surface area (Å²) in [6, 6.07) is 24.8. The lowest BCUT2D eigenvalue weighted by atomic mass is 9.97.